The highest BCUT2D eigenvalue weighted by Crippen LogP contribution is 2.27. The van der Waals surface area contributed by atoms with Crippen molar-refractivity contribution in [3.63, 3.8) is 0 Å². The largest absolute Gasteiger partial charge is 0.495 e. The summed E-state index contributed by atoms with van der Waals surface area (Å²) in [4.78, 5) is 13.0. The number of nitrogens with one attached hydrogen (secondary N) is 2. The second-order valence-electron chi connectivity index (χ2n) is 7.20. The second-order valence-corrected chi connectivity index (χ2v) is 9.32. The van der Waals surface area contributed by atoms with Crippen LogP contribution in [0.3, 0.4) is 0 Å². The van der Waals surface area contributed by atoms with Gasteiger partial charge in [0.05, 0.1) is 17.0 Å². The third-order valence-corrected chi connectivity index (χ3v) is 6.72. The Morgan fingerprint density at radius 3 is 2.28 bits per heavy atom. The molecule has 0 bridgehead atoms. The molecule has 1 atom stereocenters. The normalized spacial score (nSPS) is 12.2. The van der Waals surface area contributed by atoms with Crippen LogP contribution < -0.4 is 14.8 Å². The lowest BCUT2D eigenvalue weighted by Crippen LogP contribution is -2.45. The maximum absolute atomic E-state index is 13.1. The van der Waals surface area contributed by atoms with Gasteiger partial charge in [0.25, 0.3) is 0 Å². The molecule has 2 N–H and O–H groups in total. The van der Waals surface area contributed by atoms with Crippen LogP contribution >= 0.6 is 11.6 Å². The molecule has 0 aliphatic rings. The second kappa shape index (κ2) is 10.6. The Morgan fingerprint density at radius 1 is 1.00 bits per heavy atom. The summed E-state index contributed by atoms with van der Waals surface area (Å²) in [7, 11) is -2.58. The van der Waals surface area contributed by atoms with Gasteiger partial charge in [0, 0.05) is 5.69 Å². The van der Waals surface area contributed by atoms with E-state index in [0.29, 0.717) is 11.4 Å². The van der Waals surface area contributed by atoms with Gasteiger partial charge in [-0.25, -0.2) is 8.42 Å². The lowest BCUT2D eigenvalue weighted by atomic mass is 10.1. The third-order valence-electron chi connectivity index (χ3n) is 4.96. The molecule has 0 spiro atoms. The Bertz CT molecular complexity index is 1170. The van der Waals surface area contributed by atoms with E-state index in [2.05, 4.69) is 10.0 Å². The molecule has 0 unspecified atom stereocenters. The molecule has 3 aromatic rings. The number of hydrogen-bond donors (Lipinski definition) is 2. The molecular weight excluding hydrogens is 448 g/mol. The number of rotatable bonds is 9. The van der Waals surface area contributed by atoms with Crippen molar-refractivity contribution >= 4 is 33.2 Å². The predicted molar refractivity (Wildman–Crippen MR) is 127 cm³/mol. The van der Waals surface area contributed by atoms with E-state index in [-0.39, 0.29) is 16.3 Å². The first kappa shape index (κ1) is 23.8. The zero-order valence-electron chi connectivity index (χ0n) is 17.8. The molecule has 0 radical (unpaired) electrons. The molecule has 0 fully saturated rings. The molecule has 0 aromatic heterocycles. The number of hydrogen-bond acceptors (Lipinski definition) is 4. The Kier molecular flexibility index (Phi) is 7.90. The standard InChI is InChI=1S/C24H25ClN2O4S/c1-3-17-9-11-19(12-10-17)26-24(28)22(15-18-7-5-4-6-8-18)27-32(29,30)20-13-14-23(31-2)21(25)16-20/h4-14,16,22,27H,3,15H2,1-2H3,(H,26,28)/t22-/m1/s1. The fourth-order valence-corrected chi connectivity index (χ4v) is 4.70. The van der Waals surface area contributed by atoms with Gasteiger partial charge in [0.1, 0.15) is 11.8 Å². The number of amides is 1. The molecular formula is C24H25ClN2O4S. The van der Waals surface area contributed by atoms with Crippen LogP contribution in [0.1, 0.15) is 18.1 Å². The Labute approximate surface area is 193 Å². The molecule has 0 saturated carbocycles. The van der Waals surface area contributed by atoms with Crippen molar-refractivity contribution in [1.29, 1.82) is 0 Å². The highest BCUT2D eigenvalue weighted by molar-refractivity contribution is 7.89. The van der Waals surface area contributed by atoms with Crippen molar-refractivity contribution in [2.24, 2.45) is 0 Å². The van der Waals surface area contributed by atoms with Gasteiger partial charge in [-0.1, -0.05) is 61.0 Å². The fourth-order valence-electron chi connectivity index (χ4n) is 3.16. The monoisotopic (exact) mass is 472 g/mol. The summed E-state index contributed by atoms with van der Waals surface area (Å²) in [6.07, 6.45) is 1.07. The zero-order valence-corrected chi connectivity index (χ0v) is 19.4. The van der Waals surface area contributed by atoms with Crippen LogP contribution in [0.4, 0.5) is 5.69 Å². The third kappa shape index (κ3) is 6.09. The van der Waals surface area contributed by atoms with E-state index in [1.54, 1.807) is 12.1 Å². The van der Waals surface area contributed by atoms with Crippen molar-refractivity contribution in [1.82, 2.24) is 4.72 Å². The molecule has 0 aliphatic heterocycles. The van der Waals surface area contributed by atoms with Crippen LogP contribution in [-0.2, 0) is 27.7 Å². The number of aryl methyl sites for hydroxylation is 1. The fraction of sp³-hybridized carbons (Fsp3) is 0.208. The van der Waals surface area contributed by atoms with Gasteiger partial charge < -0.3 is 10.1 Å². The van der Waals surface area contributed by atoms with Crippen LogP contribution in [0.15, 0.2) is 77.7 Å². The number of benzene rings is 3. The first-order chi connectivity index (χ1) is 15.3. The average Bonchev–Trinajstić information content (AvgIpc) is 2.79. The SMILES string of the molecule is CCc1ccc(NC(=O)[C@@H](Cc2ccccc2)NS(=O)(=O)c2ccc(OC)c(Cl)c2)cc1. The molecule has 3 rings (SSSR count). The van der Waals surface area contributed by atoms with E-state index in [4.69, 9.17) is 16.3 Å². The summed E-state index contributed by atoms with van der Waals surface area (Å²) in [5, 5.41) is 2.97. The topological polar surface area (TPSA) is 84.5 Å². The molecule has 32 heavy (non-hydrogen) atoms. The number of ether oxygens (including phenoxy) is 1. The summed E-state index contributed by atoms with van der Waals surface area (Å²) in [5.74, 6) is -0.0963. The maximum Gasteiger partial charge on any atom is 0.242 e. The van der Waals surface area contributed by atoms with Crippen LogP contribution in [0, 0.1) is 0 Å². The minimum Gasteiger partial charge on any atom is -0.495 e. The van der Waals surface area contributed by atoms with Crippen molar-refractivity contribution in [2.75, 3.05) is 12.4 Å². The molecule has 0 aliphatic carbocycles. The minimum absolute atomic E-state index is 0.0542. The average molecular weight is 473 g/mol. The summed E-state index contributed by atoms with van der Waals surface area (Å²) in [5.41, 5.74) is 2.56. The van der Waals surface area contributed by atoms with Crippen molar-refractivity contribution in [3.05, 3.63) is 88.9 Å². The first-order valence-electron chi connectivity index (χ1n) is 10.1. The Balaban J connectivity index is 1.86. The van der Waals surface area contributed by atoms with E-state index in [9.17, 15) is 13.2 Å². The number of sulfonamides is 1. The van der Waals surface area contributed by atoms with Gasteiger partial charge in [-0.2, -0.15) is 4.72 Å². The Morgan fingerprint density at radius 2 is 1.69 bits per heavy atom. The number of methoxy groups -OCH3 is 1. The summed E-state index contributed by atoms with van der Waals surface area (Å²) < 4.78 is 33.7. The highest BCUT2D eigenvalue weighted by Gasteiger charge is 2.27. The zero-order chi connectivity index (χ0) is 23.1. The van der Waals surface area contributed by atoms with Crippen LogP contribution in [0.5, 0.6) is 5.75 Å². The van der Waals surface area contributed by atoms with E-state index in [1.807, 2.05) is 49.4 Å². The maximum atomic E-state index is 13.1. The number of halogens is 1. The summed E-state index contributed by atoms with van der Waals surface area (Å²) in [6.45, 7) is 2.05. The van der Waals surface area contributed by atoms with Crippen LogP contribution in [0.2, 0.25) is 5.02 Å². The molecule has 168 valence electrons. The molecule has 3 aromatic carbocycles. The number of carbonyl (C=O) groups excluding carboxylic acids is 1. The van der Waals surface area contributed by atoms with Crippen LogP contribution in [0.25, 0.3) is 0 Å². The summed E-state index contributed by atoms with van der Waals surface area (Å²) in [6, 6.07) is 19.8. The van der Waals surface area contributed by atoms with Gasteiger partial charge in [-0.05, 0) is 54.3 Å². The number of anilines is 1. The minimum atomic E-state index is -4.03. The molecule has 0 heterocycles. The van der Waals surface area contributed by atoms with Gasteiger partial charge >= 0.3 is 0 Å². The highest BCUT2D eigenvalue weighted by atomic mass is 35.5. The van der Waals surface area contributed by atoms with Gasteiger partial charge in [-0.15, -0.1) is 0 Å². The van der Waals surface area contributed by atoms with Gasteiger partial charge in [0.2, 0.25) is 15.9 Å². The quantitative estimate of drug-likeness (QED) is 0.482. The lowest BCUT2D eigenvalue weighted by Gasteiger charge is -2.19. The van der Waals surface area contributed by atoms with Crippen molar-refractivity contribution in [2.45, 2.75) is 30.7 Å². The van der Waals surface area contributed by atoms with E-state index < -0.39 is 22.0 Å². The molecule has 6 nitrogen and oxygen atoms in total. The van der Waals surface area contributed by atoms with Gasteiger partial charge in [0.15, 0.2) is 0 Å². The molecule has 8 heteroatoms. The number of carbonyl (C=O) groups is 1. The first-order valence-corrected chi connectivity index (χ1v) is 12.0. The lowest BCUT2D eigenvalue weighted by molar-refractivity contribution is -0.117. The van der Waals surface area contributed by atoms with E-state index in [1.165, 1.54) is 25.3 Å². The summed E-state index contributed by atoms with van der Waals surface area (Å²) >= 11 is 6.10. The molecule has 0 saturated heterocycles. The predicted octanol–water partition coefficient (Wildman–Crippen LogP) is 4.44. The van der Waals surface area contributed by atoms with E-state index in [0.717, 1.165) is 17.5 Å². The Hall–Kier alpha value is -2.87. The van der Waals surface area contributed by atoms with Crippen molar-refractivity contribution < 1.29 is 17.9 Å². The van der Waals surface area contributed by atoms with Crippen molar-refractivity contribution in [3.8, 4) is 5.75 Å². The van der Waals surface area contributed by atoms with Crippen LogP contribution in [-0.4, -0.2) is 27.5 Å². The van der Waals surface area contributed by atoms with E-state index >= 15 is 0 Å². The smallest absolute Gasteiger partial charge is 0.242 e. The van der Waals surface area contributed by atoms with Gasteiger partial charge in [-0.3, -0.25) is 4.79 Å². The molecule has 1 amide bonds.